The second-order valence-electron chi connectivity index (χ2n) is 5.94. The third kappa shape index (κ3) is 4.11. The van der Waals surface area contributed by atoms with Gasteiger partial charge in [-0.05, 0) is 29.8 Å². The minimum Gasteiger partial charge on any atom is -0.395 e. The number of aliphatic hydroxyl groups is 1. The molecule has 0 atom stereocenters. The van der Waals surface area contributed by atoms with Crippen LogP contribution in [0.3, 0.4) is 0 Å². The lowest BCUT2D eigenvalue weighted by Crippen LogP contribution is -2.35. The third-order valence-electron chi connectivity index (χ3n) is 4.20. The van der Waals surface area contributed by atoms with Crippen molar-refractivity contribution in [1.29, 1.82) is 0 Å². The Balaban J connectivity index is 1.86. The van der Waals surface area contributed by atoms with Gasteiger partial charge in [-0.15, -0.1) is 0 Å². The number of aliphatic hydroxyl groups excluding tert-OH is 1. The van der Waals surface area contributed by atoms with Gasteiger partial charge in [-0.1, -0.05) is 30.3 Å². The van der Waals surface area contributed by atoms with E-state index in [0.717, 1.165) is 5.39 Å². The maximum absolute atomic E-state index is 12.9. The second kappa shape index (κ2) is 8.39. The average Bonchev–Trinajstić information content (AvgIpc) is 2.71. The molecule has 0 aliphatic carbocycles. The molecule has 0 aliphatic heterocycles. The van der Waals surface area contributed by atoms with E-state index in [0.29, 0.717) is 22.3 Å². The summed E-state index contributed by atoms with van der Waals surface area (Å²) in [5, 5.41) is 19.0. The number of hydrogen-bond donors (Lipinski definition) is 3. The van der Waals surface area contributed by atoms with E-state index in [1.165, 1.54) is 17.0 Å². The van der Waals surface area contributed by atoms with Crippen LogP contribution in [0.4, 0.5) is 5.69 Å². The van der Waals surface area contributed by atoms with E-state index in [-0.39, 0.29) is 25.5 Å². The summed E-state index contributed by atoms with van der Waals surface area (Å²) in [4.78, 5) is 30.2. The minimum absolute atomic E-state index is 0.101. The lowest BCUT2D eigenvalue weighted by molar-refractivity contribution is -0.118. The quantitative estimate of drug-likeness (QED) is 0.457. The van der Waals surface area contributed by atoms with Gasteiger partial charge in [0.05, 0.1) is 24.2 Å². The molecule has 1 aromatic heterocycles. The predicted molar refractivity (Wildman–Crippen MR) is 101 cm³/mol. The number of nitrogens with one attached hydrogen (secondary N) is 1. The van der Waals surface area contributed by atoms with E-state index < -0.39 is 5.91 Å². The highest BCUT2D eigenvalue weighted by atomic mass is 16.5. The molecule has 2 aromatic carbocycles. The van der Waals surface area contributed by atoms with Crippen molar-refractivity contribution in [2.45, 2.75) is 6.42 Å². The molecule has 27 heavy (non-hydrogen) atoms. The Bertz CT molecular complexity index is 952. The van der Waals surface area contributed by atoms with Gasteiger partial charge < -0.3 is 10.0 Å². The highest BCUT2D eigenvalue weighted by molar-refractivity contribution is 6.02. The summed E-state index contributed by atoms with van der Waals surface area (Å²) in [5.74, 6) is -0.807. The summed E-state index contributed by atoms with van der Waals surface area (Å²) in [6.07, 6.45) is 1.77. The van der Waals surface area contributed by atoms with Crippen molar-refractivity contribution < 1.29 is 19.9 Å². The average molecular weight is 365 g/mol. The van der Waals surface area contributed by atoms with E-state index in [4.69, 9.17) is 5.21 Å². The molecule has 0 bridgehead atoms. The van der Waals surface area contributed by atoms with Crippen LogP contribution >= 0.6 is 0 Å². The van der Waals surface area contributed by atoms with Crippen LogP contribution in [0, 0.1) is 0 Å². The molecule has 0 unspecified atom stereocenters. The van der Waals surface area contributed by atoms with Crippen molar-refractivity contribution in [3.8, 4) is 0 Å². The first-order valence-electron chi connectivity index (χ1n) is 8.42. The zero-order chi connectivity index (χ0) is 19.2. The summed E-state index contributed by atoms with van der Waals surface area (Å²) in [5.41, 5.74) is 3.90. The van der Waals surface area contributed by atoms with Gasteiger partial charge in [0, 0.05) is 23.7 Å². The van der Waals surface area contributed by atoms with Crippen LogP contribution in [-0.4, -0.2) is 40.3 Å². The molecule has 0 saturated heterocycles. The highest BCUT2D eigenvalue weighted by Crippen LogP contribution is 2.25. The molecule has 3 aromatic rings. The van der Waals surface area contributed by atoms with Gasteiger partial charge >= 0.3 is 0 Å². The molecule has 3 N–H and O–H groups in total. The number of benzene rings is 2. The predicted octanol–water partition coefficient (Wildman–Crippen LogP) is 1.92. The van der Waals surface area contributed by atoms with Crippen LogP contribution in [0.1, 0.15) is 15.9 Å². The van der Waals surface area contributed by atoms with Crippen molar-refractivity contribution >= 4 is 28.4 Å². The maximum Gasteiger partial charge on any atom is 0.274 e. The van der Waals surface area contributed by atoms with E-state index in [1.807, 2.05) is 24.3 Å². The number of rotatable bonds is 6. The molecule has 0 fully saturated rings. The zero-order valence-electron chi connectivity index (χ0n) is 14.5. The van der Waals surface area contributed by atoms with Gasteiger partial charge in [0.1, 0.15) is 0 Å². The lowest BCUT2D eigenvalue weighted by atomic mass is 10.1. The molecule has 1 heterocycles. The van der Waals surface area contributed by atoms with Gasteiger partial charge in [-0.3, -0.25) is 19.8 Å². The lowest BCUT2D eigenvalue weighted by Gasteiger charge is -2.23. The van der Waals surface area contributed by atoms with Crippen molar-refractivity contribution in [2.24, 2.45) is 0 Å². The molecular formula is C20H19N3O4. The number of hydroxylamine groups is 1. The molecule has 0 radical (unpaired) electrons. The van der Waals surface area contributed by atoms with E-state index in [9.17, 15) is 14.7 Å². The molecule has 2 amide bonds. The fourth-order valence-electron chi connectivity index (χ4n) is 2.89. The van der Waals surface area contributed by atoms with Crippen LogP contribution in [0.15, 0.2) is 60.8 Å². The van der Waals surface area contributed by atoms with Crippen molar-refractivity contribution in [2.75, 3.05) is 18.1 Å². The Morgan fingerprint density at radius 2 is 1.78 bits per heavy atom. The monoisotopic (exact) mass is 365 g/mol. The molecule has 0 aliphatic rings. The summed E-state index contributed by atoms with van der Waals surface area (Å²) in [6, 6.07) is 15.7. The Morgan fingerprint density at radius 1 is 1.04 bits per heavy atom. The fraction of sp³-hybridized carbons (Fsp3) is 0.150. The van der Waals surface area contributed by atoms with Gasteiger partial charge in [0.15, 0.2) is 0 Å². The largest absolute Gasteiger partial charge is 0.395 e. The van der Waals surface area contributed by atoms with Gasteiger partial charge in [-0.2, -0.15) is 0 Å². The van der Waals surface area contributed by atoms with Crippen LogP contribution < -0.4 is 10.4 Å². The van der Waals surface area contributed by atoms with Crippen LogP contribution in [0.2, 0.25) is 0 Å². The number of nitrogens with zero attached hydrogens (tertiary/aromatic N) is 2. The van der Waals surface area contributed by atoms with Gasteiger partial charge in [0.25, 0.3) is 5.91 Å². The first-order valence-corrected chi connectivity index (χ1v) is 8.42. The molecule has 0 saturated carbocycles. The topological polar surface area (TPSA) is 103 Å². The van der Waals surface area contributed by atoms with Gasteiger partial charge in [0.2, 0.25) is 5.91 Å². The molecule has 138 valence electrons. The summed E-state index contributed by atoms with van der Waals surface area (Å²) in [6.45, 7) is -0.0237. The Hall–Kier alpha value is -3.29. The molecule has 3 rings (SSSR count). The number of anilines is 1. The minimum atomic E-state index is -0.614. The second-order valence-corrected chi connectivity index (χ2v) is 5.94. The number of fused-ring (bicyclic) bond motifs is 1. The Labute approximate surface area is 155 Å². The smallest absolute Gasteiger partial charge is 0.274 e. The van der Waals surface area contributed by atoms with Crippen LogP contribution in [-0.2, 0) is 11.2 Å². The standard InChI is InChI=1S/C20H19N3O4/c24-12-11-23(17-5-1-3-15-4-2-10-21-19(15)17)18(25)13-14-6-8-16(9-7-14)20(26)22-27/h1-10,24,27H,11-13H2,(H,22,26). The van der Waals surface area contributed by atoms with E-state index in [1.54, 1.807) is 29.9 Å². The van der Waals surface area contributed by atoms with Crippen molar-refractivity contribution in [1.82, 2.24) is 10.5 Å². The Morgan fingerprint density at radius 3 is 2.48 bits per heavy atom. The SMILES string of the molecule is O=C(NO)c1ccc(CC(=O)N(CCO)c2cccc3cccnc23)cc1. The fourth-order valence-corrected chi connectivity index (χ4v) is 2.89. The molecule has 7 nitrogen and oxygen atoms in total. The number of hydrogen-bond acceptors (Lipinski definition) is 5. The molecule has 0 spiro atoms. The highest BCUT2D eigenvalue weighted by Gasteiger charge is 2.18. The number of carbonyl (C=O) groups is 2. The van der Waals surface area contributed by atoms with Crippen LogP contribution in [0.25, 0.3) is 10.9 Å². The normalized spacial score (nSPS) is 10.6. The van der Waals surface area contributed by atoms with Gasteiger partial charge in [-0.25, -0.2) is 5.48 Å². The number of pyridine rings is 1. The van der Waals surface area contributed by atoms with Crippen molar-refractivity contribution in [3.63, 3.8) is 0 Å². The molecular weight excluding hydrogens is 346 g/mol. The number of aromatic nitrogens is 1. The first kappa shape index (κ1) is 18.5. The first-order chi connectivity index (χ1) is 13.1. The van der Waals surface area contributed by atoms with E-state index >= 15 is 0 Å². The van der Waals surface area contributed by atoms with E-state index in [2.05, 4.69) is 4.98 Å². The summed E-state index contributed by atoms with van der Waals surface area (Å²) in [7, 11) is 0. The van der Waals surface area contributed by atoms with Crippen LogP contribution in [0.5, 0.6) is 0 Å². The number of para-hydroxylation sites is 1. The Kier molecular flexibility index (Phi) is 5.75. The summed E-state index contributed by atoms with van der Waals surface area (Å²) >= 11 is 0. The number of carbonyl (C=O) groups excluding carboxylic acids is 2. The molecule has 7 heteroatoms. The third-order valence-corrected chi connectivity index (χ3v) is 4.20. The number of amides is 2. The van der Waals surface area contributed by atoms with Crippen molar-refractivity contribution in [3.05, 3.63) is 71.9 Å². The summed E-state index contributed by atoms with van der Waals surface area (Å²) < 4.78 is 0. The maximum atomic E-state index is 12.9. The zero-order valence-corrected chi connectivity index (χ0v) is 14.5.